The SMILES string of the molecule is Cc1nn(Cc2ccccc2Cl)c(C)c1C=CC(=O)N1CC[C@@H](N)C1. The van der Waals surface area contributed by atoms with E-state index in [4.69, 9.17) is 17.3 Å². The Balaban J connectivity index is 1.77. The normalized spacial score (nSPS) is 17.6. The van der Waals surface area contributed by atoms with Gasteiger partial charge in [0.05, 0.1) is 12.2 Å². The molecule has 2 heterocycles. The Morgan fingerprint density at radius 2 is 2.16 bits per heavy atom. The van der Waals surface area contributed by atoms with Crippen LogP contribution in [-0.4, -0.2) is 39.7 Å². The van der Waals surface area contributed by atoms with Crippen LogP contribution in [0, 0.1) is 13.8 Å². The van der Waals surface area contributed by atoms with Gasteiger partial charge in [-0.25, -0.2) is 0 Å². The second-order valence-corrected chi connectivity index (χ2v) is 6.91. The van der Waals surface area contributed by atoms with Crippen LogP contribution in [0.15, 0.2) is 30.3 Å². The van der Waals surface area contributed by atoms with Gasteiger partial charge in [-0.3, -0.25) is 9.48 Å². The lowest BCUT2D eigenvalue weighted by Crippen LogP contribution is -2.30. The fraction of sp³-hybridized carbons (Fsp3) is 0.368. The van der Waals surface area contributed by atoms with Crippen molar-refractivity contribution in [2.24, 2.45) is 5.73 Å². The highest BCUT2D eigenvalue weighted by atomic mass is 35.5. The third kappa shape index (κ3) is 3.94. The lowest BCUT2D eigenvalue weighted by molar-refractivity contribution is -0.124. The number of aryl methyl sites for hydroxylation is 1. The van der Waals surface area contributed by atoms with Crippen molar-refractivity contribution in [1.82, 2.24) is 14.7 Å². The lowest BCUT2D eigenvalue weighted by atomic mass is 10.1. The number of likely N-dealkylation sites (tertiary alicyclic amines) is 1. The van der Waals surface area contributed by atoms with Crippen LogP contribution in [0.3, 0.4) is 0 Å². The van der Waals surface area contributed by atoms with Gasteiger partial charge in [-0.2, -0.15) is 5.10 Å². The number of amides is 1. The lowest BCUT2D eigenvalue weighted by Gasteiger charge is -2.12. The summed E-state index contributed by atoms with van der Waals surface area (Å²) in [6.07, 6.45) is 4.34. The number of aromatic nitrogens is 2. The summed E-state index contributed by atoms with van der Waals surface area (Å²) in [5.74, 6) is 0.00519. The van der Waals surface area contributed by atoms with E-state index in [0.29, 0.717) is 13.1 Å². The van der Waals surface area contributed by atoms with Gasteiger partial charge in [0.1, 0.15) is 0 Å². The van der Waals surface area contributed by atoms with Crippen LogP contribution in [0.2, 0.25) is 5.02 Å². The monoisotopic (exact) mass is 358 g/mol. The van der Waals surface area contributed by atoms with Crippen molar-refractivity contribution in [3.8, 4) is 0 Å². The quantitative estimate of drug-likeness (QED) is 0.855. The van der Waals surface area contributed by atoms with E-state index in [2.05, 4.69) is 5.10 Å². The van der Waals surface area contributed by atoms with E-state index in [1.54, 1.807) is 11.0 Å². The van der Waals surface area contributed by atoms with Gasteiger partial charge in [-0.15, -0.1) is 0 Å². The molecule has 2 N–H and O–H groups in total. The molecule has 1 atom stereocenters. The Labute approximate surface area is 153 Å². The zero-order valence-corrected chi connectivity index (χ0v) is 15.3. The second kappa shape index (κ2) is 7.42. The number of carbonyl (C=O) groups excluding carboxylic acids is 1. The summed E-state index contributed by atoms with van der Waals surface area (Å²) < 4.78 is 1.92. The van der Waals surface area contributed by atoms with Gasteiger partial charge in [-0.05, 0) is 38.0 Å². The fourth-order valence-corrected chi connectivity index (χ4v) is 3.34. The summed E-state index contributed by atoms with van der Waals surface area (Å²) in [5, 5.41) is 5.33. The van der Waals surface area contributed by atoms with Gasteiger partial charge < -0.3 is 10.6 Å². The average Bonchev–Trinajstić information content (AvgIpc) is 3.12. The molecule has 0 unspecified atom stereocenters. The molecule has 0 radical (unpaired) electrons. The van der Waals surface area contributed by atoms with E-state index < -0.39 is 0 Å². The number of hydrogen-bond acceptors (Lipinski definition) is 3. The Kier molecular flexibility index (Phi) is 5.25. The highest BCUT2D eigenvalue weighted by Crippen LogP contribution is 2.20. The number of hydrogen-bond donors (Lipinski definition) is 1. The van der Waals surface area contributed by atoms with Crippen LogP contribution in [-0.2, 0) is 11.3 Å². The topological polar surface area (TPSA) is 64.2 Å². The van der Waals surface area contributed by atoms with E-state index in [-0.39, 0.29) is 11.9 Å². The van der Waals surface area contributed by atoms with Crippen LogP contribution in [0.4, 0.5) is 0 Å². The predicted octanol–water partition coefficient (Wildman–Crippen LogP) is 2.77. The summed E-state index contributed by atoms with van der Waals surface area (Å²) in [4.78, 5) is 14.1. The molecule has 3 rings (SSSR count). The standard InChI is InChI=1S/C19H23ClN4O/c1-13-17(7-8-19(25)23-10-9-16(21)12-23)14(2)24(22-13)11-15-5-3-4-6-18(15)20/h3-8,16H,9-12,21H2,1-2H3/t16-/m1/s1. The Bertz CT molecular complexity index is 812. The molecule has 2 aromatic rings. The molecule has 5 nitrogen and oxygen atoms in total. The van der Waals surface area contributed by atoms with Gasteiger partial charge in [0.25, 0.3) is 0 Å². The minimum atomic E-state index is 0.00519. The molecule has 0 saturated carbocycles. The number of benzene rings is 1. The molecule has 1 aliphatic rings. The van der Waals surface area contributed by atoms with Crippen molar-refractivity contribution in [3.05, 3.63) is 57.9 Å². The summed E-state index contributed by atoms with van der Waals surface area (Å²) in [7, 11) is 0. The molecule has 132 valence electrons. The molecule has 1 fully saturated rings. The molecule has 1 aromatic heterocycles. The maximum absolute atomic E-state index is 12.3. The van der Waals surface area contributed by atoms with E-state index in [9.17, 15) is 4.79 Å². The minimum Gasteiger partial charge on any atom is -0.338 e. The first kappa shape index (κ1) is 17.7. The molecule has 1 aliphatic heterocycles. The van der Waals surface area contributed by atoms with Crippen LogP contribution >= 0.6 is 11.6 Å². The smallest absolute Gasteiger partial charge is 0.246 e. The van der Waals surface area contributed by atoms with Gasteiger partial charge in [0.15, 0.2) is 0 Å². The Hall–Kier alpha value is -2.11. The maximum Gasteiger partial charge on any atom is 0.246 e. The number of carbonyl (C=O) groups is 1. The first-order valence-corrected chi connectivity index (χ1v) is 8.83. The molecule has 0 spiro atoms. The molecule has 1 saturated heterocycles. The molecule has 6 heteroatoms. The average molecular weight is 359 g/mol. The summed E-state index contributed by atoms with van der Waals surface area (Å²) >= 11 is 6.24. The van der Waals surface area contributed by atoms with Crippen LogP contribution in [0.5, 0.6) is 0 Å². The highest BCUT2D eigenvalue weighted by Gasteiger charge is 2.22. The molecule has 0 bridgehead atoms. The van der Waals surface area contributed by atoms with Gasteiger partial charge in [0, 0.05) is 41.5 Å². The van der Waals surface area contributed by atoms with Crippen LogP contribution in [0.1, 0.15) is 28.9 Å². The van der Waals surface area contributed by atoms with Crippen molar-refractivity contribution < 1.29 is 4.79 Å². The Morgan fingerprint density at radius 1 is 1.40 bits per heavy atom. The number of rotatable bonds is 4. The first-order chi connectivity index (χ1) is 12.0. The molecule has 1 amide bonds. The fourth-order valence-electron chi connectivity index (χ4n) is 3.14. The van der Waals surface area contributed by atoms with Gasteiger partial charge in [-0.1, -0.05) is 29.8 Å². The third-order valence-electron chi connectivity index (χ3n) is 4.64. The minimum absolute atomic E-state index is 0.00519. The predicted molar refractivity (Wildman–Crippen MR) is 100 cm³/mol. The Morgan fingerprint density at radius 3 is 2.84 bits per heavy atom. The molecular formula is C19H23ClN4O. The highest BCUT2D eigenvalue weighted by molar-refractivity contribution is 6.31. The van der Waals surface area contributed by atoms with E-state index in [0.717, 1.165) is 40.5 Å². The molecule has 0 aliphatic carbocycles. The molecule has 25 heavy (non-hydrogen) atoms. The van der Waals surface area contributed by atoms with Gasteiger partial charge in [0.2, 0.25) is 5.91 Å². The zero-order chi connectivity index (χ0) is 18.0. The van der Waals surface area contributed by atoms with Crippen molar-refractivity contribution in [3.63, 3.8) is 0 Å². The van der Waals surface area contributed by atoms with Gasteiger partial charge >= 0.3 is 0 Å². The summed E-state index contributed by atoms with van der Waals surface area (Å²) in [6, 6.07) is 7.85. The number of halogens is 1. The maximum atomic E-state index is 12.3. The zero-order valence-electron chi connectivity index (χ0n) is 14.6. The van der Waals surface area contributed by atoms with Crippen molar-refractivity contribution in [2.75, 3.05) is 13.1 Å². The molecule has 1 aromatic carbocycles. The first-order valence-electron chi connectivity index (χ1n) is 8.45. The third-order valence-corrected chi connectivity index (χ3v) is 5.01. The summed E-state index contributed by atoms with van der Waals surface area (Å²) in [5.41, 5.74) is 9.77. The number of nitrogens with zero attached hydrogens (tertiary/aromatic N) is 3. The molecular weight excluding hydrogens is 336 g/mol. The largest absolute Gasteiger partial charge is 0.338 e. The van der Waals surface area contributed by atoms with Crippen LogP contribution < -0.4 is 5.73 Å². The van der Waals surface area contributed by atoms with E-state index in [1.807, 2.05) is 48.9 Å². The second-order valence-electron chi connectivity index (χ2n) is 6.50. The van der Waals surface area contributed by atoms with E-state index >= 15 is 0 Å². The van der Waals surface area contributed by atoms with Crippen molar-refractivity contribution in [1.29, 1.82) is 0 Å². The van der Waals surface area contributed by atoms with Crippen LogP contribution in [0.25, 0.3) is 6.08 Å². The van der Waals surface area contributed by atoms with Crippen molar-refractivity contribution in [2.45, 2.75) is 32.9 Å². The van der Waals surface area contributed by atoms with Crippen molar-refractivity contribution >= 4 is 23.6 Å². The summed E-state index contributed by atoms with van der Waals surface area (Å²) in [6.45, 7) is 5.93. The number of nitrogens with two attached hydrogens (primary N) is 1. The van der Waals surface area contributed by atoms with E-state index in [1.165, 1.54) is 0 Å².